The maximum Gasteiger partial charge on any atom is 0.417 e. The van der Waals surface area contributed by atoms with E-state index in [1.165, 1.54) is 0 Å². The van der Waals surface area contributed by atoms with Crippen LogP contribution in [0.5, 0.6) is 0 Å². The topological polar surface area (TPSA) is 88.4 Å². The van der Waals surface area contributed by atoms with Crippen LogP contribution >= 0.6 is 0 Å². The number of imide groups is 1. The van der Waals surface area contributed by atoms with Crippen molar-refractivity contribution in [3.05, 3.63) is 0 Å². The van der Waals surface area contributed by atoms with Gasteiger partial charge in [-0.15, -0.1) is 0 Å². The fourth-order valence-electron chi connectivity index (χ4n) is 0.384. The van der Waals surface area contributed by atoms with Gasteiger partial charge in [-0.3, -0.25) is 0 Å². The first-order valence-corrected chi connectivity index (χ1v) is 3.18. The summed E-state index contributed by atoms with van der Waals surface area (Å²) < 4.78 is 8.55. The molecule has 0 aromatic rings. The van der Waals surface area contributed by atoms with Gasteiger partial charge in [-0.2, -0.15) is 5.26 Å². The number of nitrogens with one attached hydrogen (secondary N) is 1. The molecule has 0 bridgehead atoms. The van der Waals surface area contributed by atoms with Crippen LogP contribution in [0.1, 0.15) is 6.92 Å². The van der Waals surface area contributed by atoms with Gasteiger partial charge in [0.2, 0.25) is 0 Å². The molecule has 0 aliphatic carbocycles. The Balaban J connectivity index is 3.56. The Kier molecular flexibility index (Phi) is 5.09. The zero-order chi connectivity index (χ0) is 9.40. The molecule has 0 aromatic heterocycles. The van der Waals surface area contributed by atoms with E-state index in [1.807, 2.05) is 0 Å². The van der Waals surface area contributed by atoms with E-state index in [2.05, 4.69) is 9.47 Å². The summed E-state index contributed by atoms with van der Waals surface area (Å²) in [6, 6.07) is 1.57. The van der Waals surface area contributed by atoms with Gasteiger partial charge in [-0.1, -0.05) is 0 Å². The first-order valence-electron chi connectivity index (χ1n) is 3.18. The molecule has 1 N–H and O–H groups in total. The van der Waals surface area contributed by atoms with Crippen LogP contribution in [0.15, 0.2) is 0 Å². The molecule has 6 heteroatoms. The van der Waals surface area contributed by atoms with Crippen molar-refractivity contribution in [3.8, 4) is 6.07 Å². The lowest BCUT2D eigenvalue weighted by molar-refractivity contribution is 0.133. The Bertz CT molecular complexity index is 208. The summed E-state index contributed by atoms with van der Waals surface area (Å²) in [6.45, 7) is 1.36. The first-order chi connectivity index (χ1) is 5.70. The van der Waals surface area contributed by atoms with E-state index < -0.39 is 18.8 Å². The Hall–Kier alpha value is -1.77. The molecule has 2 amide bonds. The normalized spacial score (nSPS) is 8.00. The second-order valence-electron chi connectivity index (χ2n) is 1.58. The van der Waals surface area contributed by atoms with Crippen molar-refractivity contribution < 1.29 is 19.1 Å². The third kappa shape index (κ3) is 5.05. The van der Waals surface area contributed by atoms with E-state index in [0.717, 1.165) is 0 Å². The van der Waals surface area contributed by atoms with Crippen molar-refractivity contribution in [2.75, 3.05) is 13.2 Å². The highest BCUT2D eigenvalue weighted by molar-refractivity contribution is 5.87. The molecular formula is C6H8N2O4. The number of hydrogen-bond acceptors (Lipinski definition) is 5. The van der Waals surface area contributed by atoms with Crippen molar-refractivity contribution in [3.63, 3.8) is 0 Å². The minimum Gasteiger partial charge on any atom is -0.449 e. The maximum atomic E-state index is 10.5. The van der Waals surface area contributed by atoms with Crippen LogP contribution < -0.4 is 5.32 Å². The number of carbonyl (C=O) groups excluding carboxylic acids is 2. The van der Waals surface area contributed by atoms with Gasteiger partial charge in [0, 0.05) is 0 Å². The second-order valence-corrected chi connectivity index (χ2v) is 1.58. The standard InChI is InChI=1S/C6H8N2O4/c1-2-11-5(9)8-6(10)12-4-3-7/h2,4H2,1H3,(H,8,9,10). The zero-order valence-electron chi connectivity index (χ0n) is 6.49. The number of carbonyl (C=O) groups is 2. The number of rotatable bonds is 2. The van der Waals surface area contributed by atoms with Crippen molar-refractivity contribution >= 4 is 12.2 Å². The minimum atomic E-state index is -0.991. The van der Waals surface area contributed by atoms with Crippen LogP contribution in [-0.4, -0.2) is 25.4 Å². The number of nitrogens with zero attached hydrogens (tertiary/aromatic N) is 1. The van der Waals surface area contributed by atoms with Crippen molar-refractivity contribution in [2.24, 2.45) is 0 Å². The van der Waals surface area contributed by atoms with Crippen molar-refractivity contribution in [1.82, 2.24) is 5.32 Å². The Morgan fingerprint density at radius 2 is 2.00 bits per heavy atom. The molecule has 0 unspecified atom stereocenters. The van der Waals surface area contributed by atoms with Crippen LogP contribution in [0.4, 0.5) is 9.59 Å². The van der Waals surface area contributed by atoms with Gasteiger partial charge in [-0.25, -0.2) is 14.9 Å². The molecule has 6 nitrogen and oxygen atoms in total. The smallest absolute Gasteiger partial charge is 0.417 e. The van der Waals surface area contributed by atoms with Crippen molar-refractivity contribution in [2.45, 2.75) is 6.92 Å². The fraction of sp³-hybridized carbons (Fsp3) is 0.500. The summed E-state index contributed by atoms with van der Waals surface area (Å²) in [6.07, 6.45) is -1.88. The summed E-state index contributed by atoms with van der Waals surface area (Å²) in [5, 5.41) is 9.72. The van der Waals surface area contributed by atoms with Crippen LogP contribution in [0.3, 0.4) is 0 Å². The maximum absolute atomic E-state index is 10.5. The summed E-state index contributed by atoms with van der Waals surface area (Å²) in [5.74, 6) is 0. The third-order valence-corrected chi connectivity index (χ3v) is 0.747. The molecule has 12 heavy (non-hydrogen) atoms. The van der Waals surface area contributed by atoms with E-state index in [4.69, 9.17) is 5.26 Å². The monoisotopic (exact) mass is 172 g/mol. The van der Waals surface area contributed by atoms with Gasteiger partial charge < -0.3 is 9.47 Å². The Labute approximate surface area is 69.1 Å². The van der Waals surface area contributed by atoms with E-state index >= 15 is 0 Å². The molecule has 0 spiro atoms. The lowest BCUT2D eigenvalue weighted by Crippen LogP contribution is -2.31. The van der Waals surface area contributed by atoms with Gasteiger partial charge in [0.15, 0.2) is 6.61 Å². The molecule has 0 aromatic carbocycles. The molecule has 0 aliphatic heterocycles. The Morgan fingerprint density at radius 1 is 1.42 bits per heavy atom. The molecule has 0 saturated heterocycles. The number of alkyl carbamates (subject to hydrolysis) is 2. The number of amides is 2. The number of nitriles is 1. The molecule has 0 atom stereocenters. The van der Waals surface area contributed by atoms with Crippen LogP contribution in [-0.2, 0) is 9.47 Å². The van der Waals surface area contributed by atoms with E-state index in [0.29, 0.717) is 0 Å². The molecule has 0 fully saturated rings. The summed E-state index contributed by atoms with van der Waals surface area (Å²) in [7, 11) is 0. The SMILES string of the molecule is CCOC(=O)NC(=O)OCC#N. The number of hydrogen-bond donors (Lipinski definition) is 1. The van der Waals surface area contributed by atoms with Gasteiger partial charge in [0.05, 0.1) is 6.61 Å². The predicted molar refractivity (Wildman–Crippen MR) is 37.1 cm³/mol. The molecule has 0 aliphatic rings. The van der Waals surface area contributed by atoms with Gasteiger partial charge in [-0.05, 0) is 6.92 Å². The van der Waals surface area contributed by atoms with Crippen LogP contribution in [0.25, 0.3) is 0 Å². The highest BCUT2D eigenvalue weighted by atomic mass is 16.6. The average molecular weight is 172 g/mol. The quantitative estimate of drug-likeness (QED) is 0.650. The van der Waals surface area contributed by atoms with E-state index in [-0.39, 0.29) is 6.61 Å². The zero-order valence-corrected chi connectivity index (χ0v) is 6.49. The summed E-state index contributed by atoms with van der Waals surface area (Å²) in [5.41, 5.74) is 0. The Morgan fingerprint density at radius 3 is 2.50 bits per heavy atom. The molecule has 0 heterocycles. The fourth-order valence-corrected chi connectivity index (χ4v) is 0.384. The lowest BCUT2D eigenvalue weighted by atomic mass is 10.8. The molecule has 0 radical (unpaired) electrons. The second kappa shape index (κ2) is 5.97. The number of ether oxygens (including phenoxy) is 2. The highest BCUT2D eigenvalue weighted by Crippen LogP contribution is 1.80. The molecule has 66 valence electrons. The van der Waals surface area contributed by atoms with Gasteiger partial charge in [0.1, 0.15) is 6.07 Å². The molecule has 0 saturated carbocycles. The largest absolute Gasteiger partial charge is 0.449 e. The molecule has 0 rings (SSSR count). The molecular weight excluding hydrogens is 164 g/mol. The van der Waals surface area contributed by atoms with Crippen LogP contribution in [0, 0.1) is 11.3 Å². The minimum absolute atomic E-state index is 0.164. The van der Waals surface area contributed by atoms with Crippen LogP contribution in [0.2, 0.25) is 0 Å². The van der Waals surface area contributed by atoms with Gasteiger partial charge >= 0.3 is 12.2 Å². The first kappa shape index (κ1) is 10.2. The van der Waals surface area contributed by atoms with Crippen molar-refractivity contribution in [1.29, 1.82) is 5.26 Å². The van der Waals surface area contributed by atoms with E-state index in [1.54, 1.807) is 18.3 Å². The van der Waals surface area contributed by atoms with E-state index in [9.17, 15) is 9.59 Å². The summed E-state index contributed by atoms with van der Waals surface area (Å²) in [4.78, 5) is 21.0. The lowest BCUT2D eigenvalue weighted by Gasteiger charge is -2.02. The highest BCUT2D eigenvalue weighted by Gasteiger charge is 2.07. The average Bonchev–Trinajstić information content (AvgIpc) is 2.01. The van der Waals surface area contributed by atoms with Gasteiger partial charge in [0.25, 0.3) is 0 Å². The summed E-state index contributed by atoms with van der Waals surface area (Å²) >= 11 is 0. The third-order valence-electron chi connectivity index (χ3n) is 0.747. The predicted octanol–water partition coefficient (Wildman–Crippen LogP) is 0.393.